The maximum Gasteiger partial charge on any atom is 0.279 e. The first-order valence-electron chi connectivity index (χ1n) is 10.7. The fraction of sp³-hybridized carbons (Fsp3) is 0.0769. The van der Waals surface area contributed by atoms with Gasteiger partial charge in [-0.1, -0.05) is 65.9 Å². The van der Waals surface area contributed by atoms with E-state index in [1.165, 1.54) is 29.5 Å². The lowest BCUT2D eigenvalue weighted by atomic mass is 10.1. The van der Waals surface area contributed by atoms with E-state index in [9.17, 15) is 13.2 Å². The number of anilines is 1. The Balaban J connectivity index is 1.52. The second kappa shape index (κ2) is 8.89. The summed E-state index contributed by atoms with van der Waals surface area (Å²) in [6.07, 6.45) is 0. The molecule has 1 N–H and O–H groups in total. The van der Waals surface area contributed by atoms with Crippen molar-refractivity contribution in [2.75, 3.05) is 4.72 Å². The van der Waals surface area contributed by atoms with Gasteiger partial charge >= 0.3 is 0 Å². The van der Waals surface area contributed by atoms with E-state index in [4.69, 9.17) is 0 Å². The lowest BCUT2D eigenvalue weighted by Crippen LogP contribution is -2.16. The Labute approximate surface area is 200 Å². The summed E-state index contributed by atoms with van der Waals surface area (Å²) in [5, 5.41) is 2.26. The highest BCUT2D eigenvalue weighted by atomic mass is 32.2. The third kappa shape index (κ3) is 4.13. The van der Waals surface area contributed by atoms with Gasteiger partial charge in [0.2, 0.25) is 0 Å². The van der Waals surface area contributed by atoms with Gasteiger partial charge in [0, 0.05) is 23.2 Å². The molecule has 0 radical (unpaired) electrons. The molecule has 0 aliphatic rings. The number of benzene rings is 4. The van der Waals surface area contributed by atoms with Crippen LogP contribution in [0.3, 0.4) is 0 Å². The molecule has 0 aliphatic carbocycles. The van der Waals surface area contributed by atoms with Gasteiger partial charge in [-0.2, -0.15) is 4.99 Å². The Morgan fingerprint density at radius 3 is 2.50 bits per heavy atom. The standard InChI is InChI=1S/C26H21N3O3S2/c1-2-29-23-16-15-18-9-6-7-14-22(18)24(23)33-26(29)27-25(30)19-10-8-11-20(17-19)28-34(31,32)21-12-4-3-5-13-21/h3-17,28H,2H2,1H3. The molecule has 0 fully saturated rings. The van der Waals surface area contributed by atoms with E-state index in [1.807, 2.05) is 23.6 Å². The number of hydrogen-bond acceptors (Lipinski definition) is 4. The molecule has 0 saturated heterocycles. The van der Waals surface area contributed by atoms with Gasteiger partial charge in [0.1, 0.15) is 0 Å². The summed E-state index contributed by atoms with van der Waals surface area (Å²) in [7, 11) is -3.76. The predicted molar refractivity (Wildman–Crippen MR) is 137 cm³/mol. The molecule has 34 heavy (non-hydrogen) atoms. The van der Waals surface area contributed by atoms with Crippen molar-refractivity contribution in [3.05, 3.63) is 101 Å². The van der Waals surface area contributed by atoms with Crippen LogP contribution in [0.5, 0.6) is 0 Å². The van der Waals surface area contributed by atoms with Crippen LogP contribution in [0, 0.1) is 0 Å². The molecule has 5 aromatic rings. The Kier molecular flexibility index (Phi) is 5.77. The van der Waals surface area contributed by atoms with Crippen molar-refractivity contribution in [1.29, 1.82) is 0 Å². The zero-order valence-electron chi connectivity index (χ0n) is 18.3. The molecule has 1 amide bonds. The van der Waals surface area contributed by atoms with E-state index in [1.54, 1.807) is 36.4 Å². The van der Waals surface area contributed by atoms with E-state index in [2.05, 4.69) is 34.0 Å². The summed E-state index contributed by atoms with van der Waals surface area (Å²) in [5.41, 5.74) is 1.64. The van der Waals surface area contributed by atoms with Crippen molar-refractivity contribution in [2.24, 2.45) is 4.99 Å². The number of fused-ring (bicyclic) bond motifs is 3. The maximum atomic E-state index is 13.1. The van der Waals surface area contributed by atoms with Gasteiger partial charge in [-0.05, 0) is 48.7 Å². The molecular formula is C26H21N3O3S2. The third-order valence-corrected chi connectivity index (χ3v) is 8.03. The van der Waals surface area contributed by atoms with Crippen LogP contribution >= 0.6 is 11.3 Å². The largest absolute Gasteiger partial charge is 0.317 e. The molecule has 8 heteroatoms. The average Bonchev–Trinajstić information content (AvgIpc) is 3.22. The number of hydrogen-bond donors (Lipinski definition) is 1. The van der Waals surface area contributed by atoms with E-state index in [0.717, 1.165) is 21.0 Å². The van der Waals surface area contributed by atoms with Gasteiger partial charge in [0.05, 0.1) is 15.1 Å². The number of aromatic nitrogens is 1. The van der Waals surface area contributed by atoms with Crippen LogP contribution in [0.25, 0.3) is 21.0 Å². The number of nitrogens with one attached hydrogen (secondary N) is 1. The highest BCUT2D eigenvalue weighted by molar-refractivity contribution is 7.92. The van der Waals surface area contributed by atoms with Crippen LogP contribution in [0.1, 0.15) is 17.3 Å². The van der Waals surface area contributed by atoms with Crippen molar-refractivity contribution < 1.29 is 13.2 Å². The van der Waals surface area contributed by atoms with E-state index < -0.39 is 15.9 Å². The molecule has 5 rings (SSSR count). The number of carbonyl (C=O) groups excluding carboxylic acids is 1. The van der Waals surface area contributed by atoms with Crippen LogP contribution in [-0.2, 0) is 16.6 Å². The van der Waals surface area contributed by atoms with Crippen molar-refractivity contribution in [3.8, 4) is 0 Å². The van der Waals surface area contributed by atoms with Crippen LogP contribution in [0.4, 0.5) is 5.69 Å². The van der Waals surface area contributed by atoms with Gasteiger partial charge in [0.25, 0.3) is 15.9 Å². The van der Waals surface area contributed by atoms with Gasteiger partial charge in [-0.3, -0.25) is 9.52 Å². The van der Waals surface area contributed by atoms with Crippen molar-refractivity contribution >= 4 is 53.9 Å². The molecule has 1 heterocycles. The lowest BCUT2D eigenvalue weighted by Gasteiger charge is -2.08. The van der Waals surface area contributed by atoms with Crippen LogP contribution in [0.2, 0.25) is 0 Å². The summed E-state index contributed by atoms with van der Waals surface area (Å²) in [6.45, 7) is 2.69. The number of carbonyl (C=O) groups is 1. The monoisotopic (exact) mass is 487 g/mol. The number of thiazole rings is 1. The van der Waals surface area contributed by atoms with Gasteiger partial charge in [-0.25, -0.2) is 8.42 Å². The van der Waals surface area contributed by atoms with Crippen LogP contribution in [-0.4, -0.2) is 18.9 Å². The molecular weight excluding hydrogens is 466 g/mol. The number of rotatable bonds is 5. The van der Waals surface area contributed by atoms with Crippen molar-refractivity contribution in [3.63, 3.8) is 0 Å². The molecule has 0 unspecified atom stereocenters. The van der Waals surface area contributed by atoms with E-state index >= 15 is 0 Å². The lowest BCUT2D eigenvalue weighted by molar-refractivity contribution is 0.0998. The highest BCUT2D eigenvalue weighted by Crippen LogP contribution is 2.27. The molecule has 4 aromatic carbocycles. The SMILES string of the molecule is CCn1c(=NC(=O)c2cccc(NS(=O)(=O)c3ccccc3)c2)sc2c3ccccc3ccc21. The topological polar surface area (TPSA) is 80.5 Å². The first kappa shape index (κ1) is 22.1. The smallest absolute Gasteiger partial charge is 0.279 e. The summed E-state index contributed by atoms with van der Waals surface area (Å²) in [4.78, 5) is 18.2. The first-order chi connectivity index (χ1) is 16.5. The number of amides is 1. The Bertz CT molecular complexity index is 1700. The fourth-order valence-corrected chi connectivity index (χ4v) is 6.17. The normalized spacial score (nSPS) is 12.3. The summed E-state index contributed by atoms with van der Waals surface area (Å²) < 4.78 is 30.9. The Hall–Kier alpha value is -3.75. The average molecular weight is 488 g/mol. The number of nitrogens with zero attached hydrogens (tertiary/aromatic N) is 2. The summed E-state index contributed by atoms with van der Waals surface area (Å²) >= 11 is 1.48. The van der Waals surface area contributed by atoms with E-state index in [-0.39, 0.29) is 4.90 Å². The number of aryl methyl sites for hydroxylation is 1. The second-order valence-electron chi connectivity index (χ2n) is 7.68. The van der Waals surface area contributed by atoms with Crippen molar-refractivity contribution in [2.45, 2.75) is 18.4 Å². The molecule has 1 aromatic heterocycles. The van der Waals surface area contributed by atoms with Crippen molar-refractivity contribution in [1.82, 2.24) is 4.57 Å². The Morgan fingerprint density at radius 1 is 0.941 bits per heavy atom. The fourth-order valence-electron chi connectivity index (χ4n) is 3.87. The zero-order chi connectivity index (χ0) is 23.7. The minimum absolute atomic E-state index is 0.151. The van der Waals surface area contributed by atoms with Gasteiger partial charge in [-0.15, -0.1) is 0 Å². The molecule has 0 bridgehead atoms. The third-order valence-electron chi connectivity index (χ3n) is 5.50. The molecule has 0 saturated carbocycles. The highest BCUT2D eigenvalue weighted by Gasteiger charge is 2.15. The number of sulfonamides is 1. The Morgan fingerprint density at radius 2 is 1.71 bits per heavy atom. The first-order valence-corrected chi connectivity index (χ1v) is 13.0. The molecule has 0 atom stereocenters. The summed E-state index contributed by atoms with van der Waals surface area (Å²) in [6, 6.07) is 26.7. The van der Waals surface area contributed by atoms with Crippen LogP contribution in [0.15, 0.2) is 101 Å². The van der Waals surface area contributed by atoms with Crippen LogP contribution < -0.4 is 9.52 Å². The van der Waals surface area contributed by atoms with E-state index in [0.29, 0.717) is 22.6 Å². The quantitative estimate of drug-likeness (QED) is 0.360. The minimum Gasteiger partial charge on any atom is -0.317 e. The second-order valence-corrected chi connectivity index (χ2v) is 10.3. The molecule has 0 aliphatic heterocycles. The van der Waals surface area contributed by atoms with Gasteiger partial charge in [0.15, 0.2) is 4.80 Å². The minimum atomic E-state index is -3.76. The predicted octanol–water partition coefficient (Wildman–Crippen LogP) is 5.42. The maximum absolute atomic E-state index is 13.1. The molecule has 170 valence electrons. The zero-order valence-corrected chi connectivity index (χ0v) is 19.9. The summed E-state index contributed by atoms with van der Waals surface area (Å²) in [5.74, 6) is -0.432. The molecule has 0 spiro atoms. The van der Waals surface area contributed by atoms with Gasteiger partial charge < -0.3 is 4.57 Å². The molecule has 6 nitrogen and oxygen atoms in total.